The maximum Gasteiger partial charge on any atom is 0.242 e. The second kappa shape index (κ2) is 9.88. The van der Waals surface area contributed by atoms with Gasteiger partial charge in [0.15, 0.2) is 18.7 Å². The summed E-state index contributed by atoms with van der Waals surface area (Å²) in [6.45, 7) is -0.276. The fourth-order valence-corrected chi connectivity index (χ4v) is 6.52. The average Bonchev–Trinajstić information content (AvgIpc) is 3.53. The van der Waals surface area contributed by atoms with Crippen molar-refractivity contribution in [3.63, 3.8) is 0 Å². The Kier molecular flexibility index (Phi) is 7.03. The normalized spacial score (nSPS) is 17.6. The zero-order valence-electron chi connectivity index (χ0n) is 18.7. The number of aliphatic imine (C=N–C) groups is 2. The molecule has 15 nitrogen and oxygen atoms in total. The summed E-state index contributed by atoms with van der Waals surface area (Å²) in [4.78, 5) is 6.96. The highest BCUT2D eigenvalue weighted by Crippen LogP contribution is 2.36. The van der Waals surface area contributed by atoms with Crippen LogP contribution in [0.2, 0.25) is 0 Å². The Labute approximate surface area is 206 Å². The van der Waals surface area contributed by atoms with Gasteiger partial charge in [0.25, 0.3) is 0 Å². The smallest absolute Gasteiger partial charge is 0.242 e. The van der Waals surface area contributed by atoms with E-state index in [4.69, 9.17) is 22.3 Å². The third-order valence-electron chi connectivity index (χ3n) is 5.28. The highest BCUT2D eigenvalue weighted by molar-refractivity contribution is 7.92. The number of sulfonamides is 2. The number of azo groups is 2. The van der Waals surface area contributed by atoms with E-state index in [0.717, 1.165) is 6.07 Å². The summed E-state index contributed by atoms with van der Waals surface area (Å²) < 4.78 is 54.4. The molecule has 1 unspecified atom stereocenters. The molecule has 2 aromatic carbocycles. The molecular formula is C19H23N11O4S2. The predicted octanol–water partition coefficient (Wildman–Crippen LogP) is -0.486. The molecule has 0 radical (unpaired) electrons. The van der Waals surface area contributed by atoms with Crippen LogP contribution in [0.4, 0.5) is 0 Å². The Balaban J connectivity index is 1.97. The van der Waals surface area contributed by atoms with Crippen LogP contribution in [0.25, 0.3) is 11.1 Å². The van der Waals surface area contributed by atoms with Crippen molar-refractivity contribution < 1.29 is 16.8 Å². The summed E-state index contributed by atoms with van der Waals surface area (Å²) in [5.41, 5.74) is 18.0. The molecule has 2 aromatic rings. The van der Waals surface area contributed by atoms with Gasteiger partial charge in [-0.05, 0) is 23.3 Å². The standard InChI is InChI=1S/C19H23N11O4S2/c20-7-12(8-21)30-36(33,34)14-5-4-13(15(16(14)35(23,31)32)18-24-9-25-27-18)10-2-1-3-11(6-10)17-26-19(22)29-28-17/h1-6,12,17,30H,7-9,20-21H2,(H2,22,26)(H2,23,31,32). The molecule has 0 bridgehead atoms. The van der Waals surface area contributed by atoms with Gasteiger partial charge in [-0.25, -0.2) is 36.7 Å². The van der Waals surface area contributed by atoms with E-state index in [9.17, 15) is 16.8 Å². The number of rotatable bonds is 9. The highest BCUT2D eigenvalue weighted by Gasteiger charge is 2.33. The maximum atomic E-state index is 13.2. The summed E-state index contributed by atoms with van der Waals surface area (Å²) in [6, 6.07) is 8.55. The van der Waals surface area contributed by atoms with Gasteiger partial charge < -0.3 is 17.2 Å². The van der Waals surface area contributed by atoms with E-state index < -0.39 is 42.0 Å². The molecule has 36 heavy (non-hydrogen) atoms. The van der Waals surface area contributed by atoms with Gasteiger partial charge in [-0.3, -0.25) is 0 Å². The first-order valence-electron chi connectivity index (χ1n) is 10.4. The van der Waals surface area contributed by atoms with E-state index in [1.165, 1.54) is 6.07 Å². The van der Waals surface area contributed by atoms with E-state index in [-0.39, 0.29) is 37.1 Å². The first-order chi connectivity index (χ1) is 17.0. The van der Waals surface area contributed by atoms with Crippen molar-refractivity contribution >= 4 is 31.8 Å². The number of guanidine groups is 1. The van der Waals surface area contributed by atoms with Crippen LogP contribution in [0, 0.1) is 0 Å². The van der Waals surface area contributed by atoms with Gasteiger partial charge in [0, 0.05) is 24.7 Å². The van der Waals surface area contributed by atoms with Crippen LogP contribution in [0.5, 0.6) is 0 Å². The second-order valence-corrected chi connectivity index (χ2v) is 10.9. The second-order valence-electron chi connectivity index (χ2n) is 7.72. The van der Waals surface area contributed by atoms with Crippen molar-refractivity contribution in [2.45, 2.75) is 22.0 Å². The third kappa shape index (κ3) is 5.06. The monoisotopic (exact) mass is 533 g/mol. The number of benzene rings is 2. The number of hydrogen-bond donors (Lipinski definition) is 5. The molecule has 190 valence electrons. The van der Waals surface area contributed by atoms with Gasteiger partial charge in [0.1, 0.15) is 9.79 Å². The quantitative estimate of drug-likeness (QED) is 0.282. The molecule has 2 aliphatic rings. The number of amidine groups is 1. The molecule has 2 heterocycles. The molecule has 0 saturated heterocycles. The molecular weight excluding hydrogens is 510 g/mol. The van der Waals surface area contributed by atoms with Gasteiger partial charge in [-0.15, -0.1) is 10.2 Å². The predicted molar refractivity (Wildman–Crippen MR) is 131 cm³/mol. The summed E-state index contributed by atoms with van der Waals surface area (Å²) in [7, 11) is -9.06. The largest absolute Gasteiger partial charge is 0.367 e. The number of hydrogen-bond acceptors (Lipinski definition) is 13. The Bertz CT molecular complexity index is 1530. The minimum absolute atomic E-state index is 0.0265. The topological polar surface area (TPSA) is 259 Å². The average molecular weight is 534 g/mol. The zero-order chi connectivity index (χ0) is 26.1. The lowest BCUT2D eigenvalue weighted by molar-refractivity contribution is 0.548. The minimum Gasteiger partial charge on any atom is -0.367 e. The molecule has 17 heteroatoms. The van der Waals surface area contributed by atoms with Gasteiger partial charge in [0.2, 0.25) is 26.0 Å². The van der Waals surface area contributed by atoms with Crippen LogP contribution in [0.1, 0.15) is 17.3 Å². The molecule has 0 spiro atoms. The fourth-order valence-electron chi connectivity index (χ4n) is 3.65. The van der Waals surface area contributed by atoms with Crippen molar-refractivity contribution in [3.8, 4) is 11.1 Å². The van der Waals surface area contributed by atoms with Crippen molar-refractivity contribution in [1.82, 2.24) is 4.72 Å². The first-order valence-corrected chi connectivity index (χ1v) is 13.5. The van der Waals surface area contributed by atoms with Crippen molar-refractivity contribution in [1.29, 1.82) is 0 Å². The number of nitrogens with two attached hydrogens (primary N) is 4. The lowest BCUT2D eigenvalue weighted by atomic mass is 9.96. The molecule has 4 rings (SSSR count). The van der Waals surface area contributed by atoms with E-state index in [1.54, 1.807) is 24.3 Å². The zero-order valence-corrected chi connectivity index (χ0v) is 20.3. The van der Waals surface area contributed by atoms with Gasteiger partial charge in [-0.2, -0.15) is 10.2 Å². The first kappa shape index (κ1) is 25.6. The Morgan fingerprint density at radius 3 is 2.39 bits per heavy atom. The van der Waals surface area contributed by atoms with Gasteiger partial charge >= 0.3 is 0 Å². The van der Waals surface area contributed by atoms with Crippen LogP contribution < -0.4 is 27.1 Å². The SMILES string of the molecule is NCC(CN)NS(=O)(=O)c1ccc(-c2cccc(C3N=NC(N)=N3)c2)c(C2=NCN=N2)c1S(N)(=O)=O. The van der Waals surface area contributed by atoms with Crippen molar-refractivity contribution in [2.24, 2.45) is 52.8 Å². The number of nitrogens with one attached hydrogen (secondary N) is 1. The Morgan fingerprint density at radius 2 is 1.81 bits per heavy atom. The molecule has 0 amide bonds. The summed E-state index contributed by atoms with van der Waals surface area (Å²) >= 11 is 0. The molecule has 0 saturated carbocycles. The fraction of sp³-hybridized carbons (Fsp3) is 0.263. The van der Waals surface area contributed by atoms with E-state index >= 15 is 0 Å². The molecule has 1 atom stereocenters. The van der Waals surface area contributed by atoms with Crippen LogP contribution in [0.3, 0.4) is 0 Å². The lowest BCUT2D eigenvalue weighted by Gasteiger charge is -2.20. The molecule has 0 aromatic heterocycles. The van der Waals surface area contributed by atoms with Gasteiger partial charge in [-0.1, -0.05) is 24.3 Å². The van der Waals surface area contributed by atoms with Gasteiger partial charge in [0.05, 0.1) is 5.56 Å². The van der Waals surface area contributed by atoms with Crippen LogP contribution in [-0.4, -0.2) is 54.4 Å². The summed E-state index contributed by atoms with van der Waals surface area (Å²) in [6.07, 6.45) is -0.678. The molecule has 2 aliphatic heterocycles. The molecule has 0 aliphatic carbocycles. The summed E-state index contributed by atoms with van der Waals surface area (Å²) in [5.74, 6) is -0.0628. The molecule has 0 fully saturated rings. The lowest BCUT2D eigenvalue weighted by Crippen LogP contribution is -2.45. The molecule has 9 N–H and O–H groups in total. The third-order valence-corrected chi connectivity index (χ3v) is 7.96. The highest BCUT2D eigenvalue weighted by atomic mass is 32.2. The summed E-state index contributed by atoms with van der Waals surface area (Å²) in [5, 5.41) is 21.0. The van der Waals surface area contributed by atoms with Crippen molar-refractivity contribution in [2.75, 3.05) is 19.8 Å². The number of nitrogens with zero attached hydrogens (tertiary/aromatic N) is 6. The number of primary sulfonamides is 1. The van der Waals surface area contributed by atoms with Crippen LogP contribution in [-0.2, 0) is 20.0 Å². The van der Waals surface area contributed by atoms with E-state index in [1.807, 2.05) is 0 Å². The van der Waals surface area contributed by atoms with Crippen molar-refractivity contribution in [3.05, 3.63) is 47.5 Å². The van der Waals surface area contributed by atoms with E-state index in [0.29, 0.717) is 16.7 Å². The maximum absolute atomic E-state index is 13.2. The minimum atomic E-state index is -4.63. The van der Waals surface area contributed by atoms with Crippen LogP contribution in [0.15, 0.2) is 76.6 Å². The van der Waals surface area contributed by atoms with Crippen LogP contribution >= 0.6 is 0 Å². The Hall–Kier alpha value is -3.48. The Morgan fingerprint density at radius 1 is 1.06 bits per heavy atom. The van der Waals surface area contributed by atoms with E-state index in [2.05, 4.69) is 35.2 Å².